The fourth-order valence-electron chi connectivity index (χ4n) is 4.84. The molecular weight excluding hydrogens is 502 g/mol. The van der Waals surface area contributed by atoms with Gasteiger partial charge in [0.15, 0.2) is 0 Å². The second-order valence-corrected chi connectivity index (χ2v) is 12.3. The Morgan fingerprint density at radius 1 is 1.11 bits per heavy atom. The number of nitrogens with one attached hydrogen (secondary N) is 1. The standard InChI is InChI=1S/C25H31N3O6S2/c1-16(29)28-14-13-20-21(15-28)35-24(22(20)25(31)34-3)26-23(30)17-9-11-19(12-10-17)36(32,33)27(2)18-7-5-4-6-8-18/h9-12,18H,4-8,13-15H2,1-3H3,(H,26,30). The Kier molecular flexibility index (Phi) is 7.82. The summed E-state index contributed by atoms with van der Waals surface area (Å²) < 4.78 is 32.6. The van der Waals surface area contributed by atoms with Crippen molar-refractivity contribution in [1.29, 1.82) is 0 Å². The van der Waals surface area contributed by atoms with E-state index in [0.717, 1.165) is 42.5 Å². The monoisotopic (exact) mass is 533 g/mol. The zero-order valence-electron chi connectivity index (χ0n) is 20.7. The maximum Gasteiger partial charge on any atom is 0.341 e. The summed E-state index contributed by atoms with van der Waals surface area (Å²) >= 11 is 1.25. The summed E-state index contributed by atoms with van der Waals surface area (Å²) in [7, 11) is -0.764. The third-order valence-electron chi connectivity index (χ3n) is 7.00. The van der Waals surface area contributed by atoms with E-state index in [4.69, 9.17) is 4.74 Å². The van der Waals surface area contributed by atoms with Gasteiger partial charge in [0.1, 0.15) is 5.00 Å². The molecule has 0 unspecified atom stereocenters. The molecule has 1 aromatic carbocycles. The molecule has 9 nitrogen and oxygen atoms in total. The highest BCUT2D eigenvalue weighted by molar-refractivity contribution is 7.89. The lowest BCUT2D eigenvalue weighted by molar-refractivity contribution is -0.129. The normalized spacial score (nSPS) is 16.5. The van der Waals surface area contributed by atoms with Crippen LogP contribution in [0.25, 0.3) is 0 Å². The maximum absolute atomic E-state index is 13.1. The number of anilines is 1. The summed E-state index contributed by atoms with van der Waals surface area (Å²) in [5.41, 5.74) is 1.36. The molecule has 0 bridgehead atoms. The molecule has 4 rings (SSSR count). The predicted octanol–water partition coefficient (Wildman–Crippen LogP) is 3.64. The minimum absolute atomic E-state index is 0.00717. The molecule has 1 N–H and O–H groups in total. The van der Waals surface area contributed by atoms with Crippen LogP contribution in [-0.4, -0.2) is 62.2 Å². The predicted molar refractivity (Wildman–Crippen MR) is 137 cm³/mol. The van der Waals surface area contributed by atoms with Gasteiger partial charge < -0.3 is 15.0 Å². The molecule has 1 fully saturated rings. The molecule has 0 saturated heterocycles. The first-order valence-electron chi connectivity index (χ1n) is 12.0. The number of benzene rings is 1. The Bertz CT molecular complexity index is 1260. The quantitative estimate of drug-likeness (QED) is 0.567. The average molecular weight is 534 g/mol. The van der Waals surface area contributed by atoms with Crippen LogP contribution in [0.15, 0.2) is 29.2 Å². The van der Waals surface area contributed by atoms with Crippen LogP contribution in [0.1, 0.15) is 70.2 Å². The van der Waals surface area contributed by atoms with Crippen molar-refractivity contribution in [3.63, 3.8) is 0 Å². The lowest BCUT2D eigenvalue weighted by Crippen LogP contribution is -2.38. The molecule has 0 radical (unpaired) electrons. The van der Waals surface area contributed by atoms with E-state index in [-0.39, 0.29) is 22.4 Å². The number of ether oxygens (including phenoxy) is 1. The Labute approximate surface area is 215 Å². The van der Waals surface area contributed by atoms with Crippen LogP contribution in [-0.2, 0) is 32.5 Å². The summed E-state index contributed by atoms with van der Waals surface area (Å²) in [5, 5.41) is 3.15. The Balaban J connectivity index is 1.54. The Morgan fingerprint density at radius 2 is 1.78 bits per heavy atom. The first kappa shape index (κ1) is 26.3. The summed E-state index contributed by atoms with van der Waals surface area (Å²) in [4.78, 5) is 40.0. The van der Waals surface area contributed by atoms with Gasteiger partial charge in [-0.3, -0.25) is 9.59 Å². The lowest BCUT2D eigenvalue weighted by Gasteiger charge is -2.30. The maximum atomic E-state index is 13.1. The number of carbonyl (C=O) groups excluding carboxylic acids is 3. The molecule has 36 heavy (non-hydrogen) atoms. The third kappa shape index (κ3) is 5.18. The molecule has 2 aliphatic rings. The van der Waals surface area contributed by atoms with Crippen LogP contribution >= 0.6 is 11.3 Å². The largest absolute Gasteiger partial charge is 0.465 e. The molecule has 0 atom stereocenters. The van der Waals surface area contributed by atoms with Gasteiger partial charge in [0.2, 0.25) is 15.9 Å². The molecule has 2 amide bonds. The van der Waals surface area contributed by atoms with Gasteiger partial charge in [-0.2, -0.15) is 4.31 Å². The number of sulfonamides is 1. The lowest BCUT2D eigenvalue weighted by atomic mass is 9.96. The number of hydrogen-bond donors (Lipinski definition) is 1. The number of amides is 2. The number of methoxy groups -OCH3 is 1. The first-order valence-corrected chi connectivity index (χ1v) is 14.3. The van der Waals surface area contributed by atoms with E-state index in [0.29, 0.717) is 30.1 Å². The van der Waals surface area contributed by atoms with Crippen LogP contribution in [0.2, 0.25) is 0 Å². The van der Waals surface area contributed by atoms with Gasteiger partial charge in [-0.1, -0.05) is 19.3 Å². The minimum Gasteiger partial charge on any atom is -0.465 e. The second-order valence-electron chi connectivity index (χ2n) is 9.18. The number of thiophene rings is 1. The summed E-state index contributed by atoms with van der Waals surface area (Å²) in [6.07, 6.45) is 5.38. The van der Waals surface area contributed by atoms with E-state index in [1.54, 1.807) is 11.9 Å². The van der Waals surface area contributed by atoms with Crippen molar-refractivity contribution in [2.24, 2.45) is 0 Å². The number of nitrogens with zero attached hydrogens (tertiary/aromatic N) is 2. The molecular formula is C25H31N3O6S2. The molecule has 0 spiro atoms. The molecule has 11 heteroatoms. The van der Waals surface area contributed by atoms with Crippen molar-refractivity contribution >= 4 is 44.1 Å². The van der Waals surface area contributed by atoms with E-state index in [1.165, 1.54) is 53.9 Å². The number of rotatable bonds is 6. The SMILES string of the molecule is COC(=O)c1c(NC(=O)c2ccc(S(=O)(=O)N(C)C3CCCCC3)cc2)sc2c1CCN(C(C)=O)C2. The van der Waals surface area contributed by atoms with Crippen LogP contribution in [0.3, 0.4) is 0 Å². The van der Waals surface area contributed by atoms with Gasteiger partial charge in [-0.05, 0) is 49.1 Å². The molecule has 2 aromatic rings. The Hall–Kier alpha value is -2.76. The number of esters is 1. The van der Waals surface area contributed by atoms with Gasteiger partial charge >= 0.3 is 5.97 Å². The Morgan fingerprint density at radius 3 is 2.39 bits per heavy atom. The van der Waals surface area contributed by atoms with Crippen LogP contribution < -0.4 is 5.32 Å². The van der Waals surface area contributed by atoms with Crippen LogP contribution in [0.4, 0.5) is 5.00 Å². The second kappa shape index (κ2) is 10.7. The van der Waals surface area contributed by atoms with Crippen LogP contribution in [0.5, 0.6) is 0 Å². The molecule has 1 aromatic heterocycles. The third-order valence-corrected chi connectivity index (χ3v) is 10.1. The molecule has 2 heterocycles. The fraction of sp³-hybridized carbons (Fsp3) is 0.480. The van der Waals surface area contributed by atoms with E-state index in [1.807, 2.05) is 0 Å². The minimum atomic E-state index is -3.67. The zero-order valence-corrected chi connectivity index (χ0v) is 22.3. The number of fused-ring (bicyclic) bond motifs is 1. The van der Waals surface area contributed by atoms with Crippen molar-refractivity contribution in [1.82, 2.24) is 9.21 Å². The molecule has 194 valence electrons. The zero-order chi connectivity index (χ0) is 26.0. The van der Waals surface area contributed by atoms with Crippen molar-refractivity contribution in [2.45, 2.75) is 62.9 Å². The van der Waals surface area contributed by atoms with Gasteiger partial charge in [-0.25, -0.2) is 13.2 Å². The van der Waals surface area contributed by atoms with Gasteiger partial charge in [0.25, 0.3) is 5.91 Å². The van der Waals surface area contributed by atoms with E-state index < -0.39 is 21.9 Å². The number of hydrogen-bond acceptors (Lipinski definition) is 7. The van der Waals surface area contributed by atoms with E-state index in [2.05, 4.69) is 5.32 Å². The van der Waals surface area contributed by atoms with Crippen LogP contribution in [0, 0.1) is 0 Å². The van der Waals surface area contributed by atoms with Crippen molar-refractivity contribution in [3.05, 3.63) is 45.8 Å². The first-order chi connectivity index (χ1) is 17.1. The van der Waals surface area contributed by atoms with E-state index >= 15 is 0 Å². The number of carbonyl (C=O) groups is 3. The highest BCUT2D eigenvalue weighted by Crippen LogP contribution is 2.38. The highest BCUT2D eigenvalue weighted by Gasteiger charge is 2.31. The van der Waals surface area contributed by atoms with Gasteiger partial charge in [0.05, 0.1) is 24.1 Å². The molecule has 1 saturated carbocycles. The topological polar surface area (TPSA) is 113 Å². The van der Waals surface area contributed by atoms with Crippen molar-refractivity contribution in [3.8, 4) is 0 Å². The molecule has 1 aliphatic carbocycles. The summed E-state index contributed by atoms with van der Waals surface area (Å²) in [6.45, 7) is 2.36. The average Bonchev–Trinajstić information content (AvgIpc) is 3.25. The smallest absolute Gasteiger partial charge is 0.341 e. The fourth-order valence-corrected chi connectivity index (χ4v) is 7.50. The summed E-state index contributed by atoms with van der Waals surface area (Å²) in [5.74, 6) is -1.07. The van der Waals surface area contributed by atoms with E-state index in [9.17, 15) is 22.8 Å². The van der Waals surface area contributed by atoms with Gasteiger partial charge in [0, 0.05) is 37.0 Å². The van der Waals surface area contributed by atoms with Crippen molar-refractivity contribution < 1.29 is 27.5 Å². The summed E-state index contributed by atoms with van der Waals surface area (Å²) in [6, 6.07) is 5.82. The molecule has 1 aliphatic heterocycles. The highest BCUT2D eigenvalue weighted by atomic mass is 32.2. The van der Waals surface area contributed by atoms with Gasteiger partial charge in [-0.15, -0.1) is 11.3 Å². The van der Waals surface area contributed by atoms with Crippen molar-refractivity contribution in [2.75, 3.05) is 26.0 Å².